The van der Waals surface area contributed by atoms with E-state index in [1.807, 2.05) is 0 Å². The molecule has 2 N–H and O–H groups in total. The fourth-order valence-electron chi connectivity index (χ4n) is 2.29. The van der Waals surface area contributed by atoms with Gasteiger partial charge in [-0.1, -0.05) is 32.9 Å². The quantitative estimate of drug-likeness (QED) is 0.335. The zero-order valence-corrected chi connectivity index (χ0v) is 20.8. The Labute approximate surface area is 190 Å². The number of oxazole rings is 1. The van der Waals surface area contributed by atoms with Crippen LogP contribution in [0.2, 0.25) is 0 Å². The first kappa shape index (κ1) is 25.4. The molecule has 0 saturated heterocycles. The van der Waals surface area contributed by atoms with E-state index in [0.29, 0.717) is 24.9 Å². The number of nitrogens with one attached hydrogen (secondary N) is 2. The molecule has 2 aromatic rings. The van der Waals surface area contributed by atoms with E-state index in [1.54, 1.807) is 37.5 Å². The average Bonchev–Trinajstić information content (AvgIpc) is 3.11. The van der Waals surface area contributed by atoms with Crippen LogP contribution in [0.25, 0.3) is 0 Å². The number of aliphatic imine (C=N–C) groups is 1. The summed E-state index contributed by atoms with van der Waals surface area (Å²) in [6.07, 6.45) is 1.75. The Bertz CT molecular complexity index is 916. The number of aromatic nitrogens is 1. The molecule has 162 valence electrons. The zero-order valence-electron chi connectivity index (χ0n) is 17.7. The number of hydrogen-bond acceptors (Lipinski definition) is 5. The Hall–Kier alpha value is -1.66. The fourth-order valence-corrected chi connectivity index (χ4v) is 3.20. The van der Waals surface area contributed by atoms with Crippen LogP contribution in [0.5, 0.6) is 0 Å². The second-order valence-corrected chi connectivity index (χ2v) is 9.73. The van der Waals surface area contributed by atoms with Crippen molar-refractivity contribution in [3.63, 3.8) is 0 Å². The van der Waals surface area contributed by atoms with E-state index in [-0.39, 0.29) is 34.3 Å². The van der Waals surface area contributed by atoms with E-state index in [9.17, 15) is 8.42 Å². The van der Waals surface area contributed by atoms with E-state index in [4.69, 9.17) is 4.42 Å². The largest absolute Gasteiger partial charge is 0.443 e. The summed E-state index contributed by atoms with van der Waals surface area (Å²) in [6.45, 7) is 7.12. The van der Waals surface area contributed by atoms with Crippen molar-refractivity contribution in [1.82, 2.24) is 19.9 Å². The van der Waals surface area contributed by atoms with Gasteiger partial charge in [-0.2, -0.15) is 0 Å². The Morgan fingerprint density at radius 1 is 1.14 bits per heavy atom. The van der Waals surface area contributed by atoms with Gasteiger partial charge in [0.1, 0.15) is 5.76 Å². The summed E-state index contributed by atoms with van der Waals surface area (Å²) in [7, 11) is 1.29. The predicted octanol–water partition coefficient (Wildman–Crippen LogP) is 2.71. The lowest BCUT2D eigenvalue weighted by molar-refractivity contribution is 0.379. The molecule has 0 aliphatic rings. The molecule has 0 unspecified atom stereocenters. The number of rotatable bonds is 6. The molecule has 8 nitrogen and oxygen atoms in total. The van der Waals surface area contributed by atoms with Crippen LogP contribution in [-0.2, 0) is 28.5 Å². The molecule has 0 amide bonds. The molecule has 0 atom stereocenters. The molecule has 1 aromatic heterocycles. The van der Waals surface area contributed by atoms with Gasteiger partial charge in [-0.05, 0) is 17.7 Å². The first-order valence-corrected chi connectivity index (χ1v) is 10.4. The number of hydrogen-bond donors (Lipinski definition) is 2. The number of halogens is 1. The average molecular weight is 535 g/mol. The molecule has 2 rings (SSSR count). The highest BCUT2D eigenvalue weighted by molar-refractivity contribution is 14.0. The predicted molar refractivity (Wildman–Crippen MR) is 125 cm³/mol. The summed E-state index contributed by atoms with van der Waals surface area (Å²) in [5, 5.41) is 6.33. The Kier molecular flexibility index (Phi) is 9.09. The van der Waals surface area contributed by atoms with Crippen LogP contribution in [-0.4, -0.2) is 44.8 Å². The van der Waals surface area contributed by atoms with Crippen molar-refractivity contribution in [1.29, 1.82) is 0 Å². The molecule has 0 aliphatic heterocycles. The molecule has 1 heterocycles. The normalized spacial score (nSPS) is 12.6. The van der Waals surface area contributed by atoms with E-state index >= 15 is 0 Å². The molecule has 0 bridgehead atoms. The molecule has 10 heteroatoms. The first-order valence-electron chi connectivity index (χ1n) is 8.95. The van der Waals surface area contributed by atoms with Gasteiger partial charge < -0.3 is 15.1 Å². The standard InChI is InChI=1S/C19H29N5O3S.HI/c1-19(2,3)16-12-21-17(27-16)13-23-18(20-4)22-11-14-7-9-15(10-8-14)28(25,26)24(5)6;/h7-10,12H,11,13H2,1-6H3,(H2,20,22,23);1H. The van der Waals surface area contributed by atoms with Crippen LogP contribution in [0, 0.1) is 0 Å². The molecule has 1 aromatic carbocycles. The third-order valence-electron chi connectivity index (χ3n) is 4.09. The highest BCUT2D eigenvalue weighted by Crippen LogP contribution is 2.22. The maximum absolute atomic E-state index is 12.1. The third kappa shape index (κ3) is 6.96. The lowest BCUT2D eigenvalue weighted by Crippen LogP contribution is -2.36. The Morgan fingerprint density at radius 2 is 1.72 bits per heavy atom. The fraction of sp³-hybridized carbons (Fsp3) is 0.474. The summed E-state index contributed by atoms with van der Waals surface area (Å²) in [5.41, 5.74) is 0.851. The van der Waals surface area contributed by atoms with Crippen LogP contribution in [0.1, 0.15) is 38.0 Å². The zero-order chi connectivity index (χ0) is 20.9. The smallest absolute Gasteiger partial charge is 0.242 e. The highest BCUT2D eigenvalue weighted by atomic mass is 127. The van der Waals surface area contributed by atoms with Crippen molar-refractivity contribution in [2.75, 3.05) is 21.1 Å². The minimum Gasteiger partial charge on any atom is -0.443 e. The number of sulfonamides is 1. The highest BCUT2D eigenvalue weighted by Gasteiger charge is 2.19. The van der Waals surface area contributed by atoms with Crippen molar-refractivity contribution in [3.05, 3.63) is 47.7 Å². The van der Waals surface area contributed by atoms with E-state index in [2.05, 4.69) is 41.4 Å². The summed E-state index contributed by atoms with van der Waals surface area (Å²) in [4.78, 5) is 8.72. The van der Waals surface area contributed by atoms with Crippen LogP contribution >= 0.6 is 24.0 Å². The number of benzene rings is 1. The lowest BCUT2D eigenvalue weighted by Gasteiger charge is -2.14. The topological polar surface area (TPSA) is 99.8 Å². The maximum atomic E-state index is 12.1. The molecular formula is C19H30IN5O3S. The van der Waals surface area contributed by atoms with Crippen LogP contribution in [0.3, 0.4) is 0 Å². The summed E-state index contributed by atoms with van der Waals surface area (Å²) >= 11 is 0. The minimum atomic E-state index is -3.42. The van der Waals surface area contributed by atoms with E-state index in [1.165, 1.54) is 18.4 Å². The number of guanidine groups is 1. The van der Waals surface area contributed by atoms with Gasteiger partial charge in [-0.15, -0.1) is 24.0 Å². The van der Waals surface area contributed by atoms with Crippen molar-refractivity contribution in [3.8, 4) is 0 Å². The molecule has 0 saturated carbocycles. The summed E-state index contributed by atoms with van der Waals surface area (Å²) in [6, 6.07) is 6.76. The molecule has 29 heavy (non-hydrogen) atoms. The van der Waals surface area contributed by atoms with Gasteiger partial charge in [0.2, 0.25) is 15.9 Å². The van der Waals surface area contributed by atoms with E-state index < -0.39 is 10.0 Å². The van der Waals surface area contributed by atoms with Crippen LogP contribution < -0.4 is 10.6 Å². The second-order valence-electron chi connectivity index (χ2n) is 7.58. The Morgan fingerprint density at radius 3 is 2.21 bits per heavy atom. The van der Waals surface area contributed by atoms with Gasteiger partial charge in [0.05, 0.1) is 17.6 Å². The van der Waals surface area contributed by atoms with Crippen molar-refractivity contribution < 1.29 is 12.8 Å². The van der Waals surface area contributed by atoms with Gasteiger partial charge >= 0.3 is 0 Å². The first-order chi connectivity index (χ1) is 13.0. The van der Waals surface area contributed by atoms with Crippen LogP contribution in [0.15, 0.2) is 44.8 Å². The minimum absolute atomic E-state index is 0. The van der Waals surface area contributed by atoms with Crippen LogP contribution in [0.4, 0.5) is 0 Å². The van der Waals surface area contributed by atoms with Gasteiger partial charge in [0.15, 0.2) is 5.96 Å². The molecule has 0 fully saturated rings. The molecule has 0 aliphatic carbocycles. The molecule has 0 radical (unpaired) electrons. The van der Waals surface area contributed by atoms with Gasteiger partial charge in [0, 0.05) is 33.1 Å². The molecular weight excluding hydrogens is 505 g/mol. The Balaban J connectivity index is 0.00000420. The maximum Gasteiger partial charge on any atom is 0.242 e. The second kappa shape index (κ2) is 10.4. The van der Waals surface area contributed by atoms with Gasteiger partial charge in [-0.25, -0.2) is 17.7 Å². The van der Waals surface area contributed by atoms with Crippen molar-refractivity contribution in [2.45, 2.75) is 44.2 Å². The van der Waals surface area contributed by atoms with Gasteiger partial charge in [0.25, 0.3) is 0 Å². The molecule has 0 spiro atoms. The monoisotopic (exact) mass is 535 g/mol. The summed E-state index contributed by atoms with van der Waals surface area (Å²) < 4.78 is 31.2. The lowest BCUT2D eigenvalue weighted by atomic mass is 9.94. The van der Waals surface area contributed by atoms with Crippen molar-refractivity contribution >= 4 is 40.0 Å². The SMILES string of the molecule is CN=C(NCc1ccc(S(=O)(=O)N(C)C)cc1)NCc1ncc(C(C)(C)C)o1.I. The third-order valence-corrected chi connectivity index (χ3v) is 5.91. The number of nitrogens with zero attached hydrogens (tertiary/aromatic N) is 3. The summed E-state index contributed by atoms with van der Waals surface area (Å²) in [5.74, 6) is 2.02. The van der Waals surface area contributed by atoms with Gasteiger partial charge in [-0.3, -0.25) is 4.99 Å². The van der Waals surface area contributed by atoms with E-state index in [0.717, 1.165) is 11.3 Å². The van der Waals surface area contributed by atoms with Crippen molar-refractivity contribution in [2.24, 2.45) is 4.99 Å².